The topological polar surface area (TPSA) is 41.5 Å². The maximum Gasteiger partial charge on any atom is 0.236 e. The second-order valence-electron chi connectivity index (χ2n) is 3.89. The zero-order chi connectivity index (χ0) is 9.26. The van der Waals surface area contributed by atoms with E-state index < -0.39 is 0 Å². The van der Waals surface area contributed by atoms with Crippen molar-refractivity contribution in [2.45, 2.75) is 19.8 Å². The van der Waals surface area contributed by atoms with Crippen LogP contribution >= 0.6 is 0 Å². The van der Waals surface area contributed by atoms with Gasteiger partial charge in [0, 0.05) is 19.1 Å². The molecule has 0 aromatic heterocycles. The lowest BCUT2D eigenvalue weighted by atomic mass is 9.95. The first-order valence-electron chi connectivity index (χ1n) is 4.74. The lowest BCUT2D eigenvalue weighted by molar-refractivity contribution is -0.118. The van der Waals surface area contributed by atoms with Crippen molar-refractivity contribution in [3.63, 3.8) is 0 Å². The van der Waals surface area contributed by atoms with Crippen molar-refractivity contribution in [2.75, 3.05) is 0 Å². The highest BCUT2D eigenvalue weighted by atomic mass is 16.2. The highest BCUT2D eigenvalue weighted by molar-refractivity contribution is 5.74. The van der Waals surface area contributed by atoms with Crippen molar-refractivity contribution in [1.29, 1.82) is 0 Å². The summed E-state index contributed by atoms with van der Waals surface area (Å²) in [4.78, 5) is 10.5. The number of hydrazone groups is 1. The SMILES string of the molecule is CC(=O)N/N=C/C1CC2C=CC1C2. The molecule has 0 spiro atoms. The van der Waals surface area contributed by atoms with Crippen LogP contribution in [0.2, 0.25) is 0 Å². The number of hydrogen-bond acceptors (Lipinski definition) is 2. The zero-order valence-electron chi connectivity index (χ0n) is 7.73. The maximum absolute atomic E-state index is 10.5. The Morgan fingerprint density at radius 1 is 1.54 bits per heavy atom. The molecular formula is C10H14N2O. The molecule has 1 saturated carbocycles. The van der Waals surface area contributed by atoms with Crippen molar-refractivity contribution in [2.24, 2.45) is 22.9 Å². The molecule has 3 atom stereocenters. The van der Waals surface area contributed by atoms with Crippen LogP contribution in [0, 0.1) is 17.8 Å². The average molecular weight is 178 g/mol. The standard InChI is InChI=1S/C10H14N2O/c1-7(13)12-11-6-10-5-8-2-3-9(10)4-8/h2-3,6,8-10H,4-5H2,1H3,(H,12,13)/b11-6+. The number of fused-ring (bicyclic) bond motifs is 2. The summed E-state index contributed by atoms with van der Waals surface area (Å²) in [5, 5.41) is 3.91. The predicted molar refractivity (Wildman–Crippen MR) is 51.2 cm³/mol. The van der Waals surface area contributed by atoms with Gasteiger partial charge in [0.2, 0.25) is 5.91 Å². The van der Waals surface area contributed by atoms with E-state index in [1.54, 1.807) is 0 Å². The third-order valence-corrected chi connectivity index (χ3v) is 2.82. The number of nitrogens with zero attached hydrogens (tertiary/aromatic N) is 1. The maximum atomic E-state index is 10.5. The van der Waals surface area contributed by atoms with Gasteiger partial charge >= 0.3 is 0 Å². The number of carbonyl (C=O) groups excluding carboxylic acids is 1. The molecule has 3 unspecified atom stereocenters. The minimum atomic E-state index is -0.102. The molecule has 0 aromatic carbocycles. The normalized spacial score (nSPS) is 35.9. The van der Waals surface area contributed by atoms with Crippen molar-refractivity contribution < 1.29 is 4.79 Å². The lowest BCUT2D eigenvalue weighted by Gasteiger charge is -2.11. The smallest absolute Gasteiger partial charge is 0.236 e. The Morgan fingerprint density at radius 3 is 2.92 bits per heavy atom. The van der Waals surface area contributed by atoms with Crippen LogP contribution in [0.15, 0.2) is 17.3 Å². The summed E-state index contributed by atoms with van der Waals surface area (Å²) >= 11 is 0. The van der Waals surface area contributed by atoms with Gasteiger partial charge in [0.15, 0.2) is 0 Å². The van der Waals surface area contributed by atoms with Crippen LogP contribution in [0.1, 0.15) is 19.8 Å². The summed E-state index contributed by atoms with van der Waals surface area (Å²) in [7, 11) is 0. The van der Waals surface area contributed by atoms with Gasteiger partial charge in [-0.05, 0) is 24.7 Å². The Balaban J connectivity index is 1.86. The van der Waals surface area contributed by atoms with E-state index in [1.807, 2.05) is 6.21 Å². The number of allylic oxidation sites excluding steroid dienone is 2. The summed E-state index contributed by atoms with van der Waals surface area (Å²) in [6.45, 7) is 1.47. The fourth-order valence-corrected chi connectivity index (χ4v) is 2.22. The van der Waals surface area contributed by atoms with Gasteiger partial charge in [-0.15, -0.1) is 0 Å². The van der Waals surface area contributed by atoms with Gasteiger partial charge in [0.25, 0.3) is 0 Å². The molecule has 2 aliphatic carbocycles. The Labute approximate surface area is 77.9 Å². The van der Waals surface area contributed by atoms with Gasteiger partial charge < -0.3 is 0 Å². The summed E-state index contributed by atoms with van der Waals surface area (Å²) in [6.07, 6.45) is 8.93. The molecule has 0 radical (unpaired) electrons. The molecule has 3 nitrogen and oxygen atoms in total. The van der Waals surface area contributed by atoms with Crippen LogP contribution in [0.4, 0.5) is 0 Å². The predicted octanol–water partition coefficient (Wildman–Crippen LogP) is 1.32. The third kappa shape index (κ3) is 1.79. The van der Waals surface area contributed by atoms with Crippen molar-refractivity contribution in [3.05, 3.63) is 12.2 Å². The highest BCUT2D eigenvalue weighted by Crippen LogP contribution is 2.42. The molecule has 0 heterocycles. The first kappa shape index (κ1) is 8.48. The van der Waals surface area contributed by atoms with Crippen molar-refractivity contribution in [1.82, 2.24) is 5.43 Å². The quantitative estimate of drug-likeness (QED) is 0.387. The van der Waals surface area contributed by atoms with E-state index in [4.69, 9.17) is 0 Å². The van der Waals surface area contributed by atoms with Crippen molar-refractivity contribution >= 4 is 12.1 Å². The van der Waals surface area contributed by atoms with E-state index in [0.717, 1.165) is 5.92 Å². The molecule has 2 rings (SSSR count). The summed E-state index contributed by atoms with van der Waals surface area (Å²) in [5.41, 5.74) is 2.44. The number of hydrogen-bond donors (Lipinski definition) is 1. The number of nitrogens with one attached hydrogen (secondary N) is 1. The first-order chi connectivity index (χ1) is 6.25. The highest BCUT2D eigenvalue weighted by Gasteiger charge is 2.34. The van der Waals surface area contributed by atoms with Gasteiger partial charge in [-0.1, -0.05) is 12.2 Å². The molecule has 2 bridgehead atoms. The molecule has 70 valence electrons. The van der Waals surface area contributed by atoms with E-state index in [0.29, 0.717) is 11.8 Å². The van der Waals surface area contributed by atoms with Crippen molar-refractivity contribution in [3.8, 4) is 0 Å². The monoisotopic (exact) mass is 178 g/mol. The molecular weight excluding hydrogens is 164 g/mol. The molecule has 0 saturated heterocycles. The summed E-state index contributed by atoms with van der Waals surface area (Å²) in [6, 6.07) is 0. The Hall–Kier alpha value is -1.12. The largest absolute Gasteiger partial charge is 0.274 e. The van der Waals surface area contributed by atoms with Gasteiger partial charge in [0.1, 0.15) is 0 Å². The summed E-state index contributed by atoms with van der Waals surface area (Å²) in [5.74, 6) is 1.87. The van der Waals surface area contributed by atoms with Crippen LogP contribution in [-0.4, -0.2) is 12.1 Å². The van der Waals surface area contributed by atoms with Crippen LogP contribution in [-0.2, 0) is 4.79 Å². The fraction of sp³-hybridized carbons (Fsp3) is 0.600. The van der Waals surface area contributed by atoms with E-state index in [1.165, 1.54) is 19.8 Å². The minimum Gasteiger partial charge on any atom is -0.274 e. The number of amides is 1. The lowest BCUT2D eigenvalue weighted by Crippen LogP contribution is -2.15. The summed E-state index contributed by atoms with van der Waals surface area (Å²) < 4.78 is 0. The minimum absolute atomic E-state index is 0.102. The van der Waals surface area contributed by atoms with E-state index in [2.05, 4.69) is 22.7 Å². The molecule has 13 heavy (non-hydrogen) atoms. The van der Waals surface area contributed by atoms with E-state index in [-0.39, 0.29) is 5.91 Å². The van der Waals surface area contributed by atoms with Crippen LogP contribution in [0.3, 0.4) is 0 Å². The van der Waals surface area contributed by atoms with Crippen LogP contribution < -0.4 is 5.43 Å². The first-order valence-corrected chi connectivity index (χ1v) is 4.74. The Kier molecular flexibility index (Phi) is 2.17. The zero-order valence-corrected chi connectivity index (χ0v) is 7.73. The second kappa shape index (κ2) is 3.32. The average Bonchev–Trinajstić information content (AvgIpc) is 2.64. The molecule has 1 fully saturated rings. The van der Waals surface area contributed by atoms with Gasteiger partial charge in [0.05, 0.1) is 0 Å². The molecule has 2 aliphatic rings. The van der Waals surface area contributed by atoms with Gasteiger partial charge in [-0.3, -0.25) is 4.79 Å². The molecule has 0 aromatic rings. The Bertz CT molecular complexity index is 270. The molecule has 3 heteroatoms. The second-order valence-corrected chi connectivity index (χ2v) is 3.89. The van der Waals surface area contributed by atoms with Crippen LogP contribution in [0.25, 0.3) is 0 Å². The van der Waals surface area contributed by atoms with E-state index in [9.17, 15) is 4.79 Å². The Morgan fingerprint density at radius 2 is 2.38 bits per heavy atom. The molecule has 1 N–H and O–H groups in total. The molecule has 0 aliphatic heterocycles. The number of rotatable bonds is 2. The van der Waals surface area contributed by atoms with Crippen LogP contribution in [0.5, 0.6) is 0 Å². The number of carbonyl (C=O) groups is 1. The molecule has 1 amide bonds. The van der Waals surface area contributed by atoms with E-state index >= 15 is 0 Å². The fourth-order valence-electron chi connectivity index (χ4n) is 2.22. The van der Waals surface area contributed by atoms with Gasteiger partial charge in [-0.25, -0.2) is 5.43 Å². The third-order valence-electron chi connectivity index (χ3n) is 2.82. The van der Waals surface area contributed by atoms with Gasteiger partial charge in [-0.2, -0.15) is 5.10 Å².